The average molecular weight is 1810 g/mol. The lowest BCUT2D eigenvalue weighted by Gasteiger charge is -2.18. The Morgan fingerprint density at radius 3 is 0.795 bits per heavy atom. The number of phenols is 3. The monoisotopic (exact) mass is 1810 g/mol. The van der Waals surface area contributed by atoms with Crippen molar-refractivity contribution in [3.63, 3.8) is 0 Å². The molecule has 0 unspecified atom stereocenters. The smallest absolute Gasteiger partial charge is 0.336 e. The summed E-state index contributed by atoms with van der Waals surface area (Å²) in [7, 11) is 0. The van der Waals surface area contributed by atoms with Crippen molar-refractivity contribution in [2.24, 2.45) is 0 Å². The van der Waals surface area contributed by atoms with E-state index in [0.29, 0.717) is 122 Å². The lowest BCUT2D eigenvalue weighted by atomic mass is 9.91. The number of benzene rings is 9. The molecule has 6 aliphatic rings. The van der Waals surface area contributed by atoms with Crippen LogP contribution in [0.3, 0.4) is 0 Å². The Hall–Kier alpha value is -5.36. The van der Waals surface area contributed by atoms with Gasteiger partial charge < -0.3 is 43.9 Å². The standard InChI is InChI=1S/3C20H10I2O5.2Al/c3*21-16-13(23)7-5-11-15(9-3-1-2-4-10(9)20(25)26)12-6-8-14(24)17(22)19(12)27-18(11)16;;/h3*1-8,23H,(H,25,26);;. The van der Waals surface area contributed by atoms with Crippen molar-refractivity contribution in [1.82, 2.24) is 0 Å². The molecule has 23 heteroatoms. The van der Waals surface area contributed by atoms with Gasteiger partial charge >= 0.3 is 17.9 Å². The van der Waals surface area contributed by atoms with E-state index in [9.17, 15) is 59.4 Å². The van der Waals surface area contributed by atoms with Crippen LogP contribution in [0.2, 0.25) is 0 Å². The summed E-state index contributed by atoms with van der Waals surface area (Å²) in [6.07, 6.45) is 0. The van der Waals surface area contributed by atoms with Gasteiger partial charge in [0.2, 0.25) is 0 Å². The van der Waals surface area contributed by atoms with Crippen LogP contribution in [0.4, 0.5) is 0 Å². The second kappa shape index (κ2) is 26.1. The van der Waals surface area contributed by atoms with Crippen LogP contribution >= 0.6 is 136 Å². The van der Waals surface area contributed by atoms with Gasteiger partial charge in [0, 0.05) is 84.3 Å². The molecule has 0 fully saturated rings. The summed E-state index contributed by atoms with van der Waals surface area (Å²) < 4.78 is 20.7. The second-order valence-electron chi connectivity index (χ2n) is 17.6. The largest absolute Gasteiger partial charge is 0.507 e. The first-order valence-electron chi connectivity index (χ1n) is 23.4. The highest BCUT2D eigenvalue weighted by atomic mass is 127. The highest BCUT2D eigenvalue weighted by molar-refractivity contribution is 14.1. The minimum Gasteiger partial charge on any atom is -0.507 e. The molecule has 12 rings (SSSR count). The first-order chi connectivity index (χ1) is 38.7. The Kier molecular flexibility index (Phi) is 20.0. The predicted octanol–water partition coefficient (Wildman–Crippen LogP) is 14.8. The van der Waals surface area contributed by atoms with E-state index in [0.717, 1.165) is 0 Å². The number of carboxylic acids is 3. The molecule has 0 saturated carbocycles. The maximum absolute atomic E-state index is 12.1. The van der Waals surface area contributed by atoms with E-state index < -0.39 is 17.9 Å². The highest BCUT2D eigenvalue weighted by Crippen LogP contribution is 2.48. The van der Waals surface area contributed by atoms with Crippen molar-refractivity contribution >= 4 is 221 Å². The normalized spacial score (nSPS) is 10.9. The summed E-state index contributed by atoms with van der Waals surface area (Å²) in [5.41, 5.74) is 6.55. The Labute approximate surface area is 570 Å². The van der Waals surface area contributed by atoms with Crippen LogP contribution in [0.5, 0.6) is 17.2 Å². The zero-order chi connectivity index (χ0) is 57.9. The molecule has 6 N–H and O–H groups in total. The van der Waals surface area contributed by atoms with Gasteiger partial charge in [-0.05, 0) is 243 Å². The molecular formula is C60H30Al2I6O15. The number of aromatic carboxylic acids is 3. The Morgan fingerprint density at radius 2 is 0.554 bits per heavy atom. The average Bonchev–Trinajstić information content (AvgIpc) is 3.11. The highest BCUT2D eigenvalue weighted by Gasteiger charge is 2.29. The number of hydrogen-bond donors (Lipinski definition) is 6. The first kappa shape index (κ1) is 63.7. The third kappa shape index (κ3) is 11.9. The van der Waals surface area contributed by atoms with Gasteiger partial charge in [-0.2, -0.15) is 0 Å². The molecule has 15 nitrogen and oxygen atoms in total. The van der Waals surface area contributed by atoms with E-state index in [1.54, 1.807) is 109 Å². The molecule has 408 valence electrons. The number of fused-ring (bicyclic) bond motifs is 6. The SMILES string of the molecule is O=C(O)c1ccccc1-c1c2ccc(=O)c(I)c-2oc2c(I)c(O)ccc12.O=C(O)c1ccccc1-c1c2ccc(=O)c(I)c-2oc2c(I)c(O)ccc12.O=C(O)c1ccccc1-c1c2ccc(=O)c(I)c-2oc2c(I)c(O)ccc12.[Al].[Al]. The summed E-state index contributed by atoms with van der Waals surface area (Å²) in [5.74, 6) is -1.87. The summed E-state index contributed by atoms with van der Waals surface area (Å²) in [6.45, 7) is 0. The van der Waals surface area contributed by atoms with Crippen LogP contribution in [0.15, 0.2) is 173 Å². The van der Waals surface area contributed by atoms with E-state index >= 15 is 0 Å². The zero-order valence-electron chi connectivity index (χ0n) is 41.6. The molecule has 3 heterocycles. The van der Waals surface area contributed by atoms with Gasteiger partial charge in [0.25, 0.3) is 0 Å². The molecule has 3 aliphatic heterocycles. The number of rotatable bonds is 6. The minimum absolute atomic E-state index is 0. The van der Waals surface area contributed by atoms with Crippen molar-refractivity contribution in [3.05, 3.63) is 214 Å². The predicted molar refractivity (Wildman–Crippen MR) is 367 cm³/mol. The fourth-order valence-corrected chi connectivity index (χ4v) is 12.8. The van der Waals surface area contributed by atoms with Crippen LogP contribution in [0.1, 0.15) is 31.1 Å². The van der Waals surface area contributed by atoms with Gasteiger partial charge in [-0.1, -0.05) is 54.6 Å². The van der Waals surface area contributed by atoms with E-state index in [1.807, 2.05) is 136 Å². The molecular weight excluding hydrogens is 1780 g/mol. The number of phenolic OH excluding ortho intramolecular Hbond substituents is 3. The lowest BCUT2D eigenvalue weighted by molar-refractivity contribution is 0.0687. The van der Waals surface area contributed by atoms with Crippen molar-refractivity contribution in [1.29, 1.82) is 0 Å². The van der Waals surface area contributed by atoms with E-state index in [-0.39, 0.29) is 84.9 Å². The topological polar surface area (TPSA) is 263 Å². The van der Waals surface area contributed by atoms with Crippen LogP contribution < -0.4 is 16.3 Å². The number of halogens is 6. The van der Waals surface area contributed by atoms with Crippen molar-refractivity contribution < 1.29 is 58.3 Å². The van der Waals surface area contributed by atoms with Gasteiger partial charge in [-0.25, -0.2) is 14.4 Å². The summed E-state index contributed by atoms with van der Waals surface area (Å²) in [5, 5.41) is 61.2. The Morgan fingerprint density at radius 1 is 0.313 bits per heavy atom. The molecule has 0 saturated heterocycles. The van der Waals surface area contributed by atoms with Gasteiger partial charge in [0.05, 0.1) is 27.4 Å². The third-order valence-electron chi connectivity index (χ3n) is 12.9. The maximum atomic E-state index is 12.1. The summed E-state index contributed by atoms with van der Waals surface area (Å²) in [6, 6.07) is 39.1. The Balaban J connectivity index is 0.000000161. The van der Waals surface area contributed by atoms with Gasteiger partial charge in [-0.3, -0.25) is 14.4 Å². The van der Waals surface area contributed by atoms with Crippen molar-refractivity contribution in [2.75, 3.05) is 0 Å². The summed E-state index contributed by atoms with van der Waals surface area (Å²) >= 11 is 11.7. The fourth-order valence-electron chi connectivity index (χ4n) is 9.31. The molecule has 83 heavy (non-hydrogen) atoms. The number of carboxylic acid groups (broad SMARTS) is 3. The molecule has 0 atom stereocenters. The molecule has 0 bridgehead atoms. The third-order valence-corrected chi connectivity index (χ3v) is 19.1. The molecule has 3 aliphatic carbocycles. The molecule has 0 amide bonds. The lowest BCUT2D eigenvalue weighted by Crippen LogP contribution is -2.08. The van der Waals surface area contributed by atoms with Crippen LogP contribution in [0, 0.1) is 21.4 Å². The van der Waals surface area contributed by atoms with E-state index in [1.165, 1.54) is 36.4 Å². The molecule has 0 spiro atoms. The molecule has 6 radical (unpaired) electrons. The molecule has 6 aromatic carbocycles. The zero-order valence-corrected chi connectivity index (χ0v) is 56.9. The fraction of sp³-hybridized carbons (Fsp3) is 0. The van der Waals surface area contributed by atoms with Crippen molar-refractivity contribution in [3.8, 4) is 84.6 Å². The van der Waals surface area contributed by atoms with Gasteiger partial charge in [0.15, 0.2) is 50.3 Å². The van der Waals surface area contributed by atoms with Gasteiger partial charge in [-0.15, -0.1) is 0 Å². The molecule has 6 aromatic rings. The summed E-state index contributed by atoms with van der Waals surface area (Å²) in [4.78, 5) is 71.8. The van der Waals surface area contributed by atoms with Crippen LogP contribution in [-0.2, 0) is 0 Å². The number of aromatic hydroxyl groups is 3. The van der Waals surface area contributed by atoms with Crippen LogP contribution in [0.25, 0.3) is 100 Å². The Bertz CT molecular complexity index is 4260. The van der Waals surface area contributed by atoms with Crippen LogP contribution in [-0.4, -0.2) is 83.3 Å². The van der Waals surface area contributed by atoms with Crippen molar-refractivity contribution in [2.45, 2.75) is 0 Å². The van der Waals surface area contributed by atoms with E-state index in [2.05, 4.69) is 0 Å². The minimum atomic E-state index is -1.05. The number of hydrogen-bond acceptors (Lipinski definition) is 12. The van der Waals surface area contributed by atoms with Gasteiger partial charge in [0.1, 0.15) is 28.0 Å². The quantitative estimate of drug-likeness (QED) is 0.0514. The second-order valence-corrected chi connectivity index (χ2v) is 24.0. The molecule has 0 aromatic heterocycles. The number of carbonyl (C=O) groups is 3. The first-order valence-corrected chi connectivity index (χ1v) is 29.8. The van der Waals surface area contributed by atoms with E-state index in [4.69, 9.17) is 13.3 Å². The maximum Gasteiger partial charge on any atom is 0.336 e.